The van der Waals surface area contributed by atoms with Gasteiger partial charge in [-0.05, 0) is 12.3 Å². The van der Waals surface area contributed by atoms with Gasteiger partial charge in [0.15, 0.2) is 0 Å². The Hall–Kier alpha value is -1.36. The number of rotatable bonds is 7. The van der Waals surface area contributed by atoms with E-state index in [4.69, 9.17) is 9.84 Å². The summed E-state index contributed by atoms with van der Waals surface area (Å²) in [5.41, 5.74) is 0.286. The van der Waals surface area contributed by atoms with Crippen molar-refractivity contribution in [1.29, 1.82) is 0 Å². The maximum atomic E-state index is 11.8. The summed E-state index contributed by atoms with van der Waals surface area (Å²) in [6, 6.07) is 0. The molecule has 104 valence electrons. The van der Waals surface area contributed by atoms with Crippen molar-refractivity contribution in [3.8, 4) is 0 Å². The minimum absolute atomic E-state index is 0.298. The van der Waals surface area contributed by atoms with Crippen molar-refractivity contribution in [2.45, 2.75) is 27.7 Å². The molecule has 0 radical (unpaired) electrons. The molecule has 0 fully saturated rings. The third-order valence-electron chi connectivity index (χ3n) is 2.27. The van der Waals surface area contributed by atoms with E-state index in [9.17, 15) is 9.59 Å². The van der Waals surface area contributed by atoms with Crippen LogP contribution in [0.2, 0.25) is 0 Å². The normalized spacial score (nSPS) is 12.9. The number of ether oxygens (including phenoxy) is 1. The van der Waals surface area contributed by atoms with E-state index in [1.54, 1.807) is 20.8 Å². The molecule has 5 heteroatoms. The molecule has 0 saturated carbocycles. The second-order valence-electron chi connectivity index (χ2n) is 5.44. The third-order valence-corrected chi connectivity index (χ3v) is 2.27. The van der Waals surface area contributed by atoms with Crippen molar-refractivity contribution in [2.24, 2.45) is 11.3 Å². The number of amides is 1. The van der Waals surface area contributed by atoms with Crippen LogP contribution in [0, 0.1) is 11.3 Å². The molecule has 1 unspecified atom stereocenters. The highest BCUT2D eigenvalue weighted by Gasteiger charge is 2.37. The molecular weight excluding hydrogens is 234 g/mol. The number of hydrogen-bond donors (Lipinski definition) is 2. The van der Waals surface area contributed by atoms with Gasteiger partial charge in [0.05, 0.1) is 13.2 Å². The van der Waals surface area contributed by atoms with E-state index >= 15 is 0 Å². The molecule has 0 spiro atoms. The number of carbonyl (C=O) groups excluding carboxylic acids is 1. The summed E-state index contributed by atoms with van der Waals surface area (Å²) in [4.78, 5) is 22.8. The van der Waals surface area contributed by atoms with E-state index in [2.05, 4.69) is 11.9 Å². The Kier molecular flexibility index (Phi) is 6.62. The van der Waals surface area contributed by atoms with Crippen molar-refractivity contribution in [2.75, 3.05) is 19.8 Å². The molecule has 0 heterocycles. The Balaban J connectivity index is 4.14. The first kappa shape index (κ1) is 16.6. The van der Waals surface area contributed by atoms with Crippen molar-refractivity contribution >= 4 is 11.9 Å². The molecule has 0 aliphatic rings. The number of aliphatic carboxylic acids is 1. The Morgan fingerprint density at radius 2 is 1.94 bits per heavy atom. The molecule has 0 saturated heterocycles. The number of carboxylic acid groups (broad SMARTS) is 1. The lowest BCUT2D eigenvalue weighted by molar-refractivity contribution is -0.151. The quantitative estimate of drug-likeness (QED) is 0.411. The van der Waals surface area contributed by atoms with Crippen molar-refractivity contribution < 1.29 is 19.4 Å². The van der Waals surface area contributed by atoms with E-state index in [-0.39, 0.29) is 0 Å². The van der Waals surface area contributed by atoms with Crippen molar-refractivity contribution in [1.82, 2.24) is 5.32 Å². The fourth-order valence-electron chi connectivity index (χ4n) is 1.47. The smallest absolute Gasteiger partial charge is 0.316 e. The van der Waals surface area contributed by atoms with Crippen molar-refractivity contribution in [3.63, 3.8) is 0 Å². The zero-order valence-corrected chi connectivity index (χ0v) is 11.6. The van der Waals surface area contributed by atoms with Crippen LogP contribution in [0.15, 0.2) is 12.2 Å². The van der Waals surface area contributed by atoms with Crippen LogP contribution in [0.1, 0.15) is 27.7 Å². The van der Waals surface area contributed by atoms with Gasteiger partial charge >= 0.3 is 5.97 Å². The van der Waals surface area contributed by atoms with Gasteiger partial charge in [-0.3, -0.25) is 9.59 Å². The van der Waals surface area contributed by atoms with E-state index in [1.165, 1.54) is 0 Å². The summed E-state index contributed by atoms with van der Waals surface area (Å²) < 4.78 is 5.21. The van der Waals surface area contributed by atoms with E-state index < -0.39 is 23.2 Å². The Morgan fingerprint density at radius 3 is 2.33 bits per heavy atom. The Bertz CT molecular complexity index is 317. The zero-order chi connectivity index (χ0) is 14.3. The summed E-state index contributed by atoms with van der Waals surface area (Å²) in [6.07, 6.45) is 0. The average Bonchev–Trinajstić information content (AvgIpc) is 2.13. The summed E-state index contributed by atoms with van der Waals surface area (Å²) in [7, 11) is 0. The number of hydrogen-bond acceptors (Lipinski definition) is 3. The molecule has 1 amide bonds. The minimum atomic E-state index is -1.11. The molecular formula is C13H23NO4. The first-order valence-corrected chi connectivity index (χ1v) is 5.89. The molecule has 2 N–H and O–H groups in total. The first-order valence-electron chi connectivity index (χ1n) is 5.89. The lowest BCUT2D eigenvalue weighted by Crippen LogP contribution is -2.43. The summed E-state index contributed by atoms with van der Waals surface area (Å²) >= 11 is 0. The molecule has 0 aliphatic heterocycles. The van der Waals surface area contributed by atoms with Gasteiger partial charge in [0, 0.05) is 6.54 Å². The van der Waals surface area contributed by atoms with Gasteiger partial charge in [-0.25, -0.2) is 0 Å². The molecule has 0 aromatic carbocycles. The molecule has 0 aromatic rings. The number of carbonyl (C=O) groups is 2. The lowest BCUT2D eigenvalue weighted by atomic mass is 9.80. The van der Waals surface area contributed by atoms with Gasteiger partial charge in [0.1, 0.15) is 5.92 Å². The first-order chi connectivity index (χ1) is 8.16. The van der Waals surface area contributed by atoms with Gasteiger partial charge in [-0.15, -0.1) is 0 Å². The molecule has 1 atom stereocenters. The van der Waals surface area contributed by atoms with Crippen LogP contribution in [0.3, 0.4) is 0 Å². The van der Waals surface area contributed by atoms with Crippen molar-refractivity contribution in [3.05, 3.63) is 12.2 Å². The predicted octanol–water partition coefficient (Wildman–Crippen LogP) is 1.44. The zero-order valence-electron chi connectivity index (χ0n) is 11.6. The van der Waals surface area contributed by atoms with Gasteiger partial charge in [0.25, 0.3) is 0 Å². The van der Waals surface area contributed by atoms with Crippen LogP contribution in [0.4, 0.5) is 0 Å². The Morgan fingerprint density at radius 1 is 1.39 bits per heavy atom. The predicted molar refractivity (Wildman–Crippen MR) is 69.2 cm³/mol. The summed E-state index contributed by atoms with van der Waals surface area (Å²) in [5, 5.41) is 11.6. The topological polar surface area (TPSA) is 75.6 Å². The van der Waals surface area contributed by atoms with Crippen LogP contribution >= 0.6 is 0 Å². The second kappa shape index (κ2) is 7.16. The SMILES string of the molecule is C=C(C)COCCNC(=O)C(C(=O)O)C(C)(C)C. The highest BCUT2D eigenvalue weighted by molar-refractivity contribution is 5.97. The van der Waals surface area contributed by atoms with Gasteiger partial charge in [0.2, 0.25) is 5.91 Å². The van der Waals surface area contributed by atoms with Crippen LogP contribution in [0.5, 0.6) is 0 Å². The van der Waals surface area contributed by atoms with Crippen LogP contribution in [-0.2, 0) is 14.3 Å². The van der Waals surface area contributed by atoms with Crippen LogP contribution < -0.4 is 5.32 Å². The molecule has 0 rings (SSSR count). The van der Waals surface area contributed by atoms with E-state index in [0.29, 0.717) is 19.8 Å². The minimum Gasteiger partial charge on any atom is -0.481 e. The third kappa shape index (κ3) is 6.39. The largest absolute Gasteiger partial charge is 0.481 e. The molecule has 5 nitrogen and oxygen atoms in total. The van der Waals surface area contributed by atoms with Crippen LogP contribution in [0.25, 0.3) is 0 Å². The van der Waals surface area contributed by atoms with Crippen LogP contribution in [-0.4, -0.2) is 36.7 Å². The lowest BCUT2D eigenvalue weighted by Gasteiger charge is -2.25. The molecule has 18 heavy (non-hydrogen) atoms. The van der Waals surface area contributed by atoms with E-state index in [0.717, 1.165) is 5.57 Å². The van der Waals surface area contributed by atoms with Gasteiger partial charge < -0.3 is 15.2 Å². The maximum Gasteiger partial charge on any atom is 0.316 e. The summed E-state index contributed by atoms with van der Waals surface area (Å²) in [6.45, 7) is 11.8. The van der Waals surface area contributed by atoms with Gasteiger partial charge in [-0.2, -0.15) is 0 Å². The van der Waals surface area contributed by atoms with E-state index in [1.807, 2.05) is 6.92 Å². The summed E-state index contributed by atoms with van der Waals surface area (Å²) in [5.74, 6) is -2.64. The fraction of sp³-hybridized carbons (Fsp3) is 0.692. The monoisotopic (exact) mass is 257 g/mol. The maximum absolute atomic E-state index is 11.8. The Labute approximate surface area is 108 Å². The molecule has 0 aliphatic carbocycles. The standard InChI is InChI=1S/C13H23NO4/c1-9(2)8-18-7-6-14-11(15)10(12(16)17)13(3,4)5/h10H,1,6-8H2,2-5H3,(H,14,15)(H,16,17). The average molecular weight is 257 g/mol. The highest BCUT2D eigenvalue weighted by Crippen LogP contribution is 2.26. The van der Waals surface area contributed by atoms with Gasteiger partial charge in [-0.1, -0.05) is 32.9 Å². The number of carboxylic acids is 1. The number of nitrogens with one attached hydrogen (secondary N) is 1. The fourth-order valence-corrected chi connectivity index (χ4v) is 1.47. The molecule has 0 bridgehead atoms. The highest BCUT2D eigenvalue weighted by atomic mass is 16.5. The molecule has 0 aromatic heterocycles. The second-order valence-corrected chi connectivity index (χ2v) is 5.44.